The van der Waals surface area contributed by atoms with Crippen molar-refractivity contribution >= 4 is 32.9 Å². The van der Waals surface area contributed by atoms with E-state index in [0.29, 0.717) is 16.5 Å². The molecule has 0 atom stereocenters. The van der Waals surface area contributed by atoms with Gasteiger partial charge >= 0.3 is 6.09 Å². The summed E-state index contributed by atoms with van der Waals surface area (Å²) in [5.74, 6) is -0.316. The van der Waals surface area contributed by atoms with Gasteiger partial charge in [0.1, 0.15) is 11.4 Å². The molecule has 2 rings (SSSR count). The molecule has 1 heterocycles. The monoisotopic (exact) mass is 399 g/mol. The van der Waals surface area contributed by atoms with Gasteiger partial charge in [-0.05, 0) is 55.6 Å². The summed E-state index contributed by atoms with van der Waals surface area (Å²) in [7, 11) is 3.57. The summed E-state index contributed by atoms with van der Waals surface area (Å²) >= 11 is 3.41. The van der Waals surface area contributed by atoms with Crippen LogP contribution in [-0.2, 0) is 18.2 Å². The first-order valence-corrected chi connectivity index (χ1v) is 8.62. The maximum Gasteiger partial charge on any atom is 0.410 e. The Morgan fingerprint density at radius 1 is 1.42 bits per heavy atom. The molecule has 0 N–H and O–H groups in total. The molecule has 1 aromatic heterocycles. The fourth-order valence-electron chi connectivity index (χ4n) is 2.51. The maximum absolute atomic E-state index is 13.5. The van der Waals surface area contributed by atoms with Gasteiger partial charge in [-0.3, -0.25) is 4.68 Å². The molecule has 24 heavy (non-hydrogen) atoms. The third-order valence-corrected chi connectivity index (χ3v) is 4.21. The summed E-state index contributed by atoms with van der Waals surface area (Å²) in [5.41, 5.74) is 1.13. The Bertz CT molecular complexity index is 752. The molecule has 7 heteroatoms. The molecule has 0 radical (unpaired) electrons. The van der Waals surface area contributed by atoms with Gasteiger partial charge in [0.15, 0.2) is 0 Å². The van der Waals surface area contributed by atoms with Crippen LogP contribution in [0, 0.1) is 5.82 Å². The molecule has 0 unspecified atom stereocenters. The van der Waals surface area contributed by atoms with Crippen LogP contribution in [0.25, 0.3) is 10.9 Å². The van der Waals surface area contributed by atoms with E-state index >= 15 is 0 Å². The Labute approximate surface area is 149 Å². The van der Waals surface area contributed by atoms with Crippen molar-refractivity contribution in [3.05, 3.63) is 28.1 Å². The molecule has 0 saturated carbocycles. The second-order valence-corrected chi connectivity index (χ2v) is 7.71. The SMILES string of the molecule is CN(CCCc1c2c(Br)cc(F)cc2nn1C)C(=O)OC(C)(C)C. The second kappa shape index (κ2) is 7.09. The topological polar surface area (TPSA) is 47.4 Å². The summed E-state index contributed by atoms with van der Waals surface area (Å²) in [4.78, 5) is 13.5. The smallest absolute Gasteiger partial charge is 0.410 e. The molecule has 0 aliphatic heterocycles. The lowest BCUT2D eigenvalue weighted by atomic mass is 10.1. The Balaban J connectivity index is 2.04. The number of fused-ring (bicyclic) bond motifs is 1. The quantitative estimate of drug-likeness (QED) is 0.770. The van der Waals surface area contributed by atoms with Gasteiger partial charge in [0, 0.05) is 42.3 Å². The average molecular weight is 400 g/mol. The summed E-state index contributed by atoms with van der Waals surface area (Å²) in [6.07, 6.45) is 1.15. The van der Waals surface area contributed by atoms with Crippen molar-refractivity contribution in [3.63, 3.8) is 0 Å². The van der Waals surface area contributed by atoms with Crippen LogP contribution in [0.3, 0.4) is 0 Å². The number of amides is 1. The van der Waals surface area contributed by atoms with Crippen LogP contribution in [-0.4, -0.2) is 40.0 Å². The van der Waals surface area contributed by atoms with Crippen LogP contribution >= 0.6 is 15.9 Å². The van der Waals surface area contributed by atoms with Crippen molar-refractivity contribution in [2.45, 2.75) is 39.2 Å². The minimum atomic E-state index is -0.501. The van der Waals surface area contributed by atoms with Gasteiger partial charge in [-0.2, -0.15) is 5.10 Å². The molecular weight excluding hydrogens is 377 g/mol. The average Bonchev–Trinajstić information content (AvgIpc) is 2.72. The lowest BCUT2D eigenvalue weighted by Gasteiger charge is -2.24. The predicted molar refractivity (Wildman–Crippen MR) is 95.6 cm³/mol. The first kappa shape index (κ1) is 18.7. The van der Waals surface area contributed by atoms with E-state index in [0.717, 1.165) is 23.9 Å². The number of carbonyl (C=O) groups excluding carboxylic acids is 1. The lowest BCUT2D eigenvalue weighted by molar-refractivity contribution is 0.0297. The van der Waals surface area contributed by atoms with Gasteiger partial charge in [-0.25, -0.2) is 9.18 Å². The molecule has 0 aliphatic rings. The Morgan fingerprint density at radius 2 is 2.08 bits per heavy atom. The third kappa shape index (κ3) is 4.47. The van der Waals surface area contributed by atoms with Gasteiger partial charge in [0.25, 0.3) is 0 Å². The Kier molecular flexibility index (Phi) is 5.52. The van der Waals surface area contributed by atoms with E-state index < -0.39 is 5.60 Å². The van der Waals surface area contributed by atoms with Gasteiger partial charge in [0.05, 0.1) is 5.52 Å². The van der Waals surface area contributed by atoms with Crippen LogP contribution < -0.4 is 0 Å². The van der Waals surface area contributed by atoms with Crippen LogP contribution in [0.4, 0.5) is 9.18 Å². The number of hydrogen-bond acceptors (Lipinski definition) is 3. The molecule has 0 bridgehead atoms. The summed E-state index contributed by atoms with van der Waals surface area (Å²) in [5, 5.41) is 5.27. The van der Waals surface area contributed by atoms with Gasteiger partial charge in [-0.15, -0.1) is 0 Å². The lowest BCUT2D eigenvalue weighted by Crippen LogP contribution is -2.34. The number of aryl methyl sites for hydroxylation is 2. The van der Waals surface area contributed by atoms with Crippen LogP contribution in [0.2, 0.25) is 0 Å². The number of rotatable bonds is 4. The number of benzene rings is 1. The molecule has 0 aliphatic carbocycles. The van der Waals surface area contributed by atoms with E-state index in [2.05, 4.69) is 21.0 Å². The number of halogens is 2. The molecule has 2 aromatic rings. The van der Waals surface area contributed by atoms with E-state index in [1.54, 1.807) is 16.6 Å². The van der Waals surface area contributed by atoms with Crippen molar-refractivity contribution < 1.29 is 13.9 Å². The molecule has 5 nitrogen and oxygen atoms in total. The normalized spacial score (nSPS) is 11.8. The van der Waals surface area contributed by atoms with Crippen LogP contribution in [0.1, 0.15) is 32.9 Å². The maximum atomic E-state index is 13.5. The minimum Gasteiger partial charge on any atom is -0.444 e. The highest BCUT2D eigenvalue weighted by molar-refractivity contribution is 9.10. The number of carbonyl (C=O) groups is 1. The summed E-state index contributed by atoms with van der Waals surface area (Å²) < 4.78 is 21.3. The zero-order chi connectivity index (χ0) is 18.1. The highest BCUT2D eigenvalue weighted by Gasteiger charge is 2.20. The van der Waals surface area contributed by atoms with Gasteiger partial charge < -0.3 is 9.64 Å². The van der Waals surface area contributed by atoms with E-state index in [-0.39, 0.29) is 11.9 Å². The van der Waals surface area contributed by atoms with Gasteiger partial charge in [0.2, 0.25) is 0 Å². The first-order valence-electron chi connectivity index (χ1n) is 7.83. The molecule has 0 fully saturated rings. The van der Waals surface area contributed by atoms with E-state index in [9.17, 15) is 9.18 Å². The molecular formula is C17H23BrFN3O2. The van der Waals surface area contributed by atoms with Crippen molar-refractivity contribution in [2.75, 3.05) is 13.6 Å². The molecule has 1 aromatic carbocycles. The third-order valence-electron chi connectivity index (χ3n) is 3.58. The first-order chi connectivity index (χ1) is 11.1. The number of nitrogens with zero attached hydrogens (tertiary/aromatic N) is 3. The Morgan fingerprint density at radius 3 is 2.71 bits per heavy atom. The predicted octanol–water partition coefficient (Wildman–Crippen LogP) is 4.27. The summed E-state index contributed by atoms with van der Waals surface area (Å²) in [6, 6.07) is 2.87. The molecule has 0 saturated heterocycles. The van der Waals surface area contributed by atoms with Gasteiger partial charge in [-0.1, -0.05) is 0 Å². The Hall–Kier alpha value is -1.63. The van der Waals surface area contributed by atoms with Crippen molar-refractivity contribution in [1.82, 2.24) is 14.7 Å². The van der Waals surface area contributed by atoms with Crippen molar-refractivity contribution in [1.29, 1.82) is 0 Å². The number of hydrogen-bond donors (Lipinski definition) is 0. The number of ether oxygens (including phenoxy) is 1. The van der Waals surface area contributed by atoms with E-state index in [4.69, 9.17) is 4.74 Å². The largest absolute Gasteiger partial charge is 0.444 e. The standard InChI is InChI=1S/C17H23BrFN3O2/c1-17(2,3)24-16(23)21(4)8-6-7-14-15-12(18)9-11(19)10-13(15)20-22(14)5/h9-10H,6-8H2,1-5H3. The van der Waals surface area contributed by atoms with E-state index in [1.165, 1.54) is 12.1 Å². The highest BCUT2D eigenvalue weighted by Crippen LogP contribution is 2.28. The fraction of sp³-hybridized carbons (Fsp3) is 0.529. The van der Waals surface area contributed by atoms with Crippen LogP contribution in [0.5, 0.6) is 0 Å². The van der Waals surface area contributed by atoms with Crippen molar-refractivity contribution in [3.8, 4) is 0 Å². The fourth-order valence-corrected chi connectivity index (χ4v) is 3.16. The molecule has 0 spiro atoms. The highest BCUT2D eigenvalue weighted by atomic mass is 79.9. The minimum absolute atomic E-state index is 0.316. The second-order valence-electron chi connectivity index (χ2n) is 6.86. The molecule has 132 valence electrons. The van der Waals surface area contributed by atoms with Crippen molar-refractivity contribution in [2.24, 2.45) is 7.05 Å². The summed E-state index contributed by atoms with van der Waals surface area (Å²) in [6.45, 7) is 6.10. The van der Waals surface area contributed by atoms with E-state index in [1.807, 2.05) is 27.8 Å². The van der Waals surface area contributed by atoms with Crippen LogP contribution in [0.15, 0.2) is 16.6 Å². The number of aromatic nitrogens is 2. The molecule has 1 amide bonds. The zero-order valence-corrected chi connectivity index (χ0v) is 16.3. The zero-order valence-electron chi connectivity index (χ0n) is 14.7.